The Morgan fingerprint density at radius 1 is 0.974 bits per heavy atom. The van der Waals surface area contributed by atoms with E-state index in [1.165, 1.54) is 25.3 Å². The van der Waals surface area contributed by atoms with Crippen LogP contribution in [0, 0.1) is 0 Å². The Labute approximate surface area is 233 Å². The summed E-state index contributed by atoms with van der Waals surface area (Å²) in [6.07, 6.45) is 0.222. The van der Waals surface area contributed by atoms with Gasteiger partial charge in [0, 0.05) is 32.7 Å². The van der Waals surface area contributed by atoms with Crippen LogP contribution in [-0.4, -0.2) is 70.2 Å². The first-order chi connectivity index (χ1) is 18.8. The van der Waals surface area contributed by atoms with Crippen LogP contribution in [0.4, 0.5) is 0 Å². The SMILES string of the molecule is COc1ccc(S(=O)(=O)N[C@H](Cc2ccccc2)C(=O)N2CCN(Cc3ccc4c(c3)OCO4)CC2)cc1Cl. The maximum Gasteiger partial charge on any atom is 0.241 e. The maximum absolute atomic E-state index is 13.7. The molecule has 1 N–H and O–H groups in total. The molecule has 3 aromatic rings. The smallest absolute Gasteiger partial charge is 0.241 e. The van der Waals surface area contributed by atoms with Crippen LogP contribution < -0.4 is 18.9 Å². The second-order valence-corrected chi connectivity index (χ2v) is 11.6. The number of fused-ring (bicyclic) bond motifs is 1. The summed E-state index contributed by atoms with van der Waals surface area (Å²) in [4.78, 5) is 17.6. The highest BCUT2D eigenvalue weighted by Crippen LogP contribution is 2.33. The second kappa shape index (κ2) is 11.8. The fraction of sp³-hybridized carbons (Fsp3) is 0.321. The third kappa shape index (κ3) is 6.47. The molecule has 0 aromatic heterocycles. The summed E-state index contributed by atoms with van der Waals surface area (Å²) in [6, 6.07) is 18.5. The number of carbonyl (C=O) groups excluding carboxylic acids is 1. The van der Waals surface area contributed by atoms with Gasteiger partial charge in [0.25, 0.3) is 0 Å². The summed E-state index contributed by atoms with van der Waals surface area (Å²) >= 11 is 6.18. The lowest BCUT2D eigenvalue weighted by Crippen LogP contribution is -2.55. The molecule has 0 saturated carbocycles. The normalized spacial score (nSPS) is 16.2. The van der Waals surface area contributed by atoms with Crippen molar-refractivity contribution in [3.63, 3.8) is 0 Å². The van der Waals surface area contributed by atoms with Crippen LogP contribution in [0.5, 0.6) is 17.2 Å². The molecule has 5 rings (SSSR count). The first kappa shape index (κ1) is 27.3. The van der Waals surface area contributed by atoms with Crippen LogP contribution in [0.2, 0.25) is 5.02 Å². The zero-order chi connectivity index (χ0) is 27.4. The molecular formula is C28H30ClN3O6S. The van der Waals surface area contributed by atoms with E-state index in [0.29, 0.717) is 31.9 Å². The van der Waals surface area contributed by atoms with Gasteiger partial charge in [-0.2, -0.15) is 4.72 Å². The van der Waals surface area contributed by atoms with Crippen molar-refractivity contribution in [2.45, 2.75) is 23.9 Å². The predicted octanol–water partition coefficient (Wildman–Crippen LogP) is 3.31. The summed E-state index contributed by atoms with van der Waals surface area (Å²) in [7, 11) is -2.58. The zero-order valence-electron chi connectivity index (χ0n) is 21.5. The van der Waals surface area contributed by atoms with Gasteiger partial charge in [-0.05, 0) is 47.9 Å². The Bertz CT molecular complexity index is 1430. The van der Waals surface area contributed by atoms with Crippen LogP contribution >= 0.6 is 11.6 Å². The van der Waals surface area contributed by atoms with Crippen molar-refractivity contribution < 1.29 is 27.4 Å². The molecule has 1 fully saturated rings. The van der Waals surface area contributed by atoms with Gasteiger partial charge in [0.15, 0.2) is 11.5 Å². The molecule has 0 spiro atoms. The van der Waals surface area contributed by atoms with Gasteiger partial charge in [0.2, 0.25) is 22.7 Å². The lowest BCUT2D eigenvalue weighted by molar-refractivity contribution is -0.134. The lowest BCUT2D eigenvalue weighted by atomic mass is 10.1. The summed E-state index contributed by atoms with van der Waals surface area (Å²) in [5, 5.41) is 0.171. The van der Waals surface area contributed by atoms with Gasteiger partial charge < -0.3 is 19.1 Å². The number of nitrogens with zero attached hydrogens (tertiary/aromatic N) is 2. The fourth-order valence-corrected chi connectivity index (χ4v) is 6.28. The zero-order valence-corrected chi connectivity index (χ0v) is 23.1. The van der Waals surface area contributed by atoms with Crippen molar-refractivity contribution in [2.24, 2.45) is 0 Å². The average Bonchev–Trinajstić information content (AvgIpc) is 3.41. The minimum absolute atomic E-state index is 0.0345. The molecule has 0 radical (unpaired) electrons. The minimum atomic E-state index is -4.04. The quantitative estimate of drug-likeness (QED) is 0.421. The van der Waals surface area contributed by atoms with E-state index in [-0.39, 0.29) is 29.0 Å². The molecule has 2 aliphatic heterocycles. The third-order valence-corrected chi connectivity index (χ3v) is 8.60. The van der Waals surface area contributed by atoms with Gasteiger partial charge >= 0.3 is 0 Å². The van der Waals surface area contributed by atoms with Gasteiger partial charge in [-0.3, -0.25) is 9.69 Å². The first-order valence-electron chi connectivity index (χ1n) is 12.6. The van der Waals surface area contributed by atoms with E-state index in [9.17, 15) is 13.2 Å². The highest BCUT2D eigenvalue weighted by molar-refractivity contribution is 7.89. The van der Waals surface area contributed by atoms with Crippen molar-refractivity contribution >= 4 is 27.5 Å². The Morgan fingerprint density at radius 3 is 2.44 bits per heavy atom. The molecule has 206 valence electrons. The molecule has 39 heavy (non-hydrogen) atoms. The molecule has 3 aromatic carbocycles. The van der Waals surface area contributed by atoms with Crippen LogP contribution in [-0.2, 0) is 27.8 Å². The molecule has 0 aliphatic carbocycles. The predicted molar refractivity (Wildman–Crippen MR) is 147 cm³/mol. The third-order valence-electron chi connectivity index (χ3n) is 6.84. The average molecular weight is 572 g/mol. The van der Waals surface area contributed by atoms with Crippen molar-refractivity contribution in [2.75, 3.05) is 40.1 Å². The van der Waals surface area contributed by atoms with Gasteiger partial charge in [-0.15, -0.1) is 0 Å². The highest BCUT2D eigenvalue weighted by Gasteiger charge is 2.32. The number of hydrogen-bond donors (Lipinski definition) is 1. The molecular weight excluding hydrogens is 542 g/mol. The topological polar surface area (TPSA) is 97.4 Å². The number of rotatable bonds is 9. The number of methoxy groups -OCH3 is 1. The van der Waals surface area contributed by atoms with E-state index in [1.807, 2.05) is 48.5 Å². The Hall–Kier alpha value is -3.31. The number of benzene rings is 3. The number of nitrogens with one attached hydrogen (secondary N) is 1. The molecule has 1 saturated heterocycles. The largest absolute Gasteiger partial charge is 0.495 e. The van der Waals surface area contributed by atoms with E-state index in [2.05, 4.69) is 9.62 Å². The molecule has 0 unspecified atom stereocenters. The number of hydrogen-bond acceptors (Lipinski definition) is 7. The van der Waals surface area contributed by atoms with Crippen molar-refractivity contribution in [1.82, 2.24) is 14.5 Å². The van der Waals surface area contributed by atoms with E-state index >= 15 is 0 Å². The van der Waals surface area contributed by atoms with Crippen LogP contribution in [0.15, 0.2) is 71.6 Å². The Morgan fingerprint density at radius 2 is 1.72 bits per heavy atom. The summed E-state index contributed by atoms with van der Waals surface area (Å²) in [5.41, 5.74) is 1.96. The Kier molecular flexibility index (Phi) is 8.27. The van der Waals surface area contributed by atoms with Crippen LogP contribution in [0.1, 0.15) is 11.1 Å². The minimum Gasteiger partial charge on any atom is -0.495 e. The summed E-state index contributed by atoms with van der Waals surface area (Å²) < 4.78 is 45.2. The number of piperazine rings is 1. The van der Waals surface area contributed by atoms with Crippen molar-refractivity contribution in [1.29, 1.82) is 0 Å². The Balaban J connectivity index is 1.27. The lowest BCUT2D eigenvalue weighted by Gasteiger charge is -2.36. The molecule has 11 heteroatoms. The first-order valence-corrected chi connectivity index (χ1v) is 14.5. The second-order valence-electron chi connectivity index (χ2n) is 9.45. The van der Waals surface area contributed by atoms with Crippen molar-refractivity contribution in [3.05, 3.63) is 82.9 Å². The molecule has 1 atom stereocenters. The fourth-order valence-electron chi connectivity index (χ4n) is 4.74. The molecule has 0 bridgehead atoms. The number of halogens is 1. The molecule has 2 aliphatic rings. The molecule has 1 amide bonds. The monoisotopic (exact) mass is 571 g/mol. The van der Waals surface area contributed by atoms with Crippen LogP contribution in [0.25, 0.3) is 0 Å². The van der Waals surface area contributed by atoms with Crippen molar-refractivity contribution in [3.8, 4) is 17.2 Å². The number of ether oxygens (including phenoxy) is 3. The van der Waals surface area contributed by atoms with Gasteiger partial charge in [-0.25, -0.2) is 8.42 Å². The number of carbonyl (C=O) groups is 1. The maximum atomic E-state index is 13.7. The van der Waals surface area contributed by atoms with E-state index in [4.69, 9.17) is 25.8 Å². The van der Waals surface area contributed by atoms with Crippen LogP contribution in [0.3, 0.4) is 0 Å². The number of amides is 1. The van der Waals surface area contributed by atoms with E-state index in [0.717, 1.165) is 29.2 Å². The van der Waals surface area contributed by atoms with Gasteiger partial charge in [-0.1, -0.05) is 48.0 Å². The summed E-state index contributed by atoms with van der Waals surface area (Å²) in [5.74, 6) is 1.60. The van der Waals surface area contributed by atoms with Gasteiger partial charge in [0.05, 0.1) is 17.0 Å². The molecule has 2 heterocycles. The highest BCUT2D eigenvalue weighted by atomic mass is 35.5. The van der Waals surface area contributed by atoms with E-state index in [1.54, 1.807) is 4.90 Å². The van der Waals surface area contributed by atoms with Gasteiger partial charge in [0.1, 0.15) is 11.8 Å². The summed E-state index contributed by atoms with van der Waals surface area (Å²) in [6.45, 7) is 3.27. The standard InChI is InChI=1S/C28H30ClN3O6S/c1-36-25-10-8-22(17-23(25)29)39(34,35)30-24(15-20-5-3-2-4-6-20)28(33)32-13-11-31(12-14-32)18-21-7-9-26-27(16-21)38-19-37-26/h2-10,16-17,24,30H,11-15,18-19H2,1H3/t24-/m1/s1. The molecule has 9 nitrogen and oxygen atoms in total. The van der Waals surface area contributed by atoms with E-state index < -0.39 is 16.1 Å². The number of sulfonamides is 1.